The van der Waals surface area contributed by atoms with Crippen molar-refractivity contribution < 1.29 is 58.2 Å². The fourth-order valence-electron chi connectivity index (χ4n) is 9.34. The molecular formula is C61H110O12. The number of unbranched alkanes of at least 4 members (excludes halogenated alkanes) is 34. The number of carboxylic acids is 1. The molecule has 0 amide bonds. The van der Waals surface area contributed by atoms with E-state index in [9.17, 15) is 34.5 Å². The molecule has 12 nitrogen and oxygen atoms in total. The highest BCUT2D eigenvalue weighted by Gasteiger charge is 2.50. The lowest BCUT2D eigenvalue weighted by atomic mass is 9.98. The highest BCUT2D eigenvalue weighted by molar-refractivity contribution is 5.74. The van der Waals surface area contributed by atoms with Crippen LogP contribution < -0.4 is 0 Å². The van der Waals surface area contributed by atoms with Crippen molar-refractivity contribution in [1.29, 1.82) is 0 Å². The molecule has 0 aromatic heterocycles. The van der Waals surface area contributed by atoms with Crippen molar-refractivity contribution in [2.45, 2.75) is 327 Å². The van der Waals surface area contributed by atoms with Crippen LogP contribution in [0.15, 0.2) is 24.3 Å². The summed E-state index contributed by atoms with van der Waals surface area (Å²) in [7, 11) is 0. The zero-order chi connectivity index (χ0) is 53.3. The molecular weight excluding hydrogens is 925 g/mol. The molecule has 1 fully saturated rings. The minimum Gasteiger partial charge on any atom is -0.479 e. The number of ether oxygens (including phenoxy) is 5. The predicted octanol–water partition coefficient (Wildman–Crippen LogP) is 15.5. The monoisotopic (exact) mass is 1030 g/mol. The number of carbonyl (C=O) groups excluding carboxylic acids is 3. The second-order valence-corrected chi connectivity index (χ2v) is 21.0. The maximum Gasteiger partial charge on any atom is 0.335 e. The Morgan fingerprint density at radius 1 is 0.452 bits per heavy atom. The molecule has 0 spiro atoms. The molecule has 12 heteroatoms. The topological polar surface area (TPSA) is 175 Å². The first-order valence-electron chi connectivity index (χ1n) is 30.3. The minimum atomic E-state index is -1.90. The Balaban J connectivity index is 2.65. The molecule has 0 aromatic carbocycles. The second-order valence-electron chi connectivity index (χ2n) is 21.0. The van der Waals surface area contributed by atoms with Crippen LogP contribution in [0, 0.1) is 0 Å². The van der Waals surface area contributed by atoms with E-state index < -0.39 is 67.3 Å². The average molecular weight is 1040 g/mol. The molecule has 0 aliphatic carbocycles. The van der Waals surface area contributed by atoms with Gasteiger partial charge in [0.25, 0.3) is 0 Å². The van der Waals surface area contributed by atoms with Crippen LogP contribution in [0.1, 0.15) is 290 Å². The number of aliphatic hydroxyl groups is 2. The highest BCUT2D eigenvalue weighted by atomic mass is 16.7. The van der Waals surface area contributed by atoms with Crippen molar-refractivity contribution in [3.63, 3.8) is 0 Å². The normalized spacial score (nSPS) is 18.4. The SMILES string of the molecule is CCCCC/C=C\C/C=C\CCCCCCCCCC(=O)OCC(COC1OC(C(=O)O)C(O)C(O)C1OC(=O)CCCCCCCCCCCCCCCCC)OC(=O)CCCCCCCCCCCCC. The van der Waals surface area contributed by atoms with Crippen molar-refractivity contribution >= 4 is 23.9 Å². The van der Waals surface area contributed by atoms with Crippen LogP contribution >= 0.6 is 0 Å². The summed E-state index contributed by atoms with van der Waals surface area (Å²) < 4.78 is 28.4. The number of rotatable bonds is 52. The van der Waals surface area contributed by atoms with Gasteiger partial charge in [-0.1, -0.05) is 244 Å². The van der Waals surface area contributed by atoms with Gasteiger partial charge in [-0.3, -0.25) is 14.4 Å². The Labute approximate surface area is 445 Å². The largest absolute Gasteiger partial charge is 0.479 e. The third-order valence-electron chi connectivity index (χ3n) is 14.0. The van der Waals surface area contributed by atoms with Crippen molar-refractivity contribution in [2.75, 3.05) is 13.2 Å². The molecule has 0 saturated carbocycles. The molecule has 73 heavy (non-hydrogen) atoms. The van der Waals surface area contributed by atoms with E-state index in [-0.39, 0.29) is 25.9 Å². The molecule has 0 bridgehead atoms. The average Bonchev–Trinajstić information content (AvgIpc) is 3.37. The van der Waals surface area contributed by atoms with Gasteiger partial charge in [0.05, 0.1) is 6.61 Å². The van der Waals surface area contributed by atoms with Gasteiger partial charge >= 0.3 is 23.9 Å². The molecule has 426 valence electrons. The van der Waals surface area contributed by atoms with Crippen molar-refractivity contribution in [2.24, 2.45) is 0 Å². The van der Waals surface area contributed by atoms with Crippen LogP contribution in [0.4, 0.5) is 0 Å². The molecule has 0 radical (unpaired) electrons. The Kier molecular flexibility index (Phi) is 46.8. The van der Waals surface area contributed by atoms with Crippen LogP contribution in [0.5, 0.6) is 0 Å². The molecule has 1 rings (SSSR count). The highest BCUT2D eigenvalue weighted by Crippen LogP contribution is 2.27. The van der Waals surface area contributed by atoms with E-state index in [1.54, 1.807) is 0 Å². The van der Waals surface area contributed by atoms with Gasteiger partial charge in [0.15, 0.2) is 24.6 Å². The zero-order valence-electron chi connectivity index (χ0n) is 46.9. The van der Waals surface area contributed by atoms with Crippen LogP contribution in [0.2, 0.25) is 0 Å². The number of hydrogen-bond acceptors (Lipinski definition) is 11. The molecule has 6 atom stereocenters. The van der Waals surface area contributed by atoms with Crippen molar-refractivity contribution in [1.82, 2.24) is 0 Å². The fraction of sp³-hybridized carbons (Fsp3) is 0.869. The minimum absolute atomic E-state index is 0.0669. The van der Waals surface area contributed by atoms with Gasteiger partial charge in [0.2, 0.25) is 0 Å². The Hall–Kier alpha value is -2.80. The lowest BCUT2D eigenvalue weighted by molar-refractivity contribution is -0.301. The maximum atomic E-state index is 13.1. The van der Waals surface area contributed by atoms with E-state index in [4.69, 9.17) is 23.7 Å². The summed E-state index contributed by atoms with van der Waals surface area (Å²) in [4.78, 5) is 51.1. The molecule has 1 aliphatic rings. The quantitative estimate of drug-likeness (QED) is 0.0228. The number of allylic oxidation sites excluding steroid dienone is 4. The second kappa shape index (κ2) is 50.0. The fourth-order valence-corrected chi connectivity index (χ4v) is 9.34. The maximum absolute atomic E-state index is 13.1. The molecule has 1 aliphatic heterocycles. The first-order chi connectivity index (χ1) is 35.6. The van der Waals surface area contributed by atoms with E-state index >= 15 is 0 Å². The number of esters is 3. The van der Waals surface area contributed by atoms with Gasteiger partial charge in [-0.15, -0.1) is 0 Å². The van der Waals surface area contributed by atoms with Gasteiger partial charge in [0.1, 0.15) is 18.8 Å². The Morgan fingerprint density at radius 3 is 1.26 bits per heavy atom. The lowest BCUT2D eigenvalue weighted by Gasteiger charge is -2.40. The summed E-state index contributed by atoms with van der Waals surface area (Å²) >= 11 is 0. The van der Waals surface area contributed by atoms with E-state index in [1.165, 1.54) is 154 Å². The van der Waals surface area contributed by atoms with Gasteiger partial charge in [-0.05, 0) is 51.4 Å². The molecule has 1 saturated heterocycles. The smallest absolute Gasteiger partial charge is 0.335 e. The van der Waals surface area contributed by atoms with Crippen LogP contribution in [0.25, 0.3) is 0 Å². The predicted molar refractivity (Wildman–Crippen MR) is 294 cm³/mol. The third kappa shape index (κ3) is 40.2. The number of carboxylic acid groups (broad SMARTS) is 1. The third-order valence-corrected chi connectivity index (χ3v) is 14.0. The number of carbonyl (C=O) groups is 4. The first-order valence-corrected chi connectivity index (χ1v) is 30.3. The van der Waals surface area contributed by atoms with Crippen molar-refractivity contribution in [3.05, 3.63) is 24.3 Å². The molecule has 1 heterocycles. The molecule has 0 aromatic rings. The Bertz CT molecular complexity index is 1370. The number of aliphatic carboxylic acids is 1. The van der Waals surface area contributed by atoms with Crippen LogP contribution in [0.3, 0.4) is 0 Å². The van der Waals surface area contributed by atoms with E-state index in [0.717, 1.165) is 77.0 Å². The molecule has 6 unspecified atom stereocenters. The van der Waals surface area contributed by atoms with Gasteiger partial charge in [-0.25, -0.2) is 4.79 Å². The lowest BCUT2D eigenvalue weighted by Crippen LogP contribution is -2.61. The van der Waals surface area contributed by atoms with E-state index in [0.29, 0.717) is 19.3 Å². The Morgan fingerprint density at radius 2 is 0.822 bits per heavy atom. The standard InChI is InChI=1S/C61H110O12/c1-4-7-10-13-16-19-22-24-26-27-29-30-33-35-38-41-44-47-53(62)69-50-52(71-54(63)48-45-42-39-36-32-21-18-15-12-9-6-3)51-70-61-59(57(66)56(65)58(73-61)60(67)68)72-55(64)49-46-43-40-37-34-31-28-25-23-20-17-14-11-8-5-2/h16,19,24,26,52,56-59,61,65-66H,4-15,17-18,20-23,25,27-51H2,1-3H3,(H,67,68)/b19-16-,26-24-. The summed E-state index contributed by atoms with van der Waals surface area (Å²) in [5.41, 5.74) is 0. The van der Waals surface area contributed by atoms with E-state index in [2.05, 4.69) is 45.1 Å². The zero-order valence-corrected chi connectivity index (χ0v) is 46.9. The number of hydrogen-bond donors (Lipinski definition) is 3. The summed E-state index contributed by atoms with van der Waals surface area (Å²) in [5.74, 6) is -3.10. The summed E-state index contributed by atoms with van der Waals surface area (Å²) in [6.07, 6.45) is 44.3. The summed E-state index contributed by atoms with van der Waals surface area (Å²) in [5, 5.41) is 31.5. The summed E-state index contributed by atoms with van der Waals surface area (Å²) in [6, 6.07) is 0. The number of aliphatic hydroxyl groups excluding tert-OH is 2. The summed E-state index contributed by atoms with van der Waals surface area (Å²) in [6.45, 7) is 5.98. The van der Waals surface area contributed by atoms with Crippen LogP contribution in [-0.2, 0) is 42.9 Å². The van der Waals surface area contributed by atoms with Crippen LogP contribution in [-0.4, -0.2) is 89.2 Å². The van der Waals surface area contributed by atoms with Gasteiger partial charge < -0.3 is 39.0 Å². The van der Waals surface area contributed by atoms with E-state index in [1.807, 2.05) is 0 Å². The van der Waals surface area contributed by atoms with Crippen molar-refractivity contribution in [3.8, 4) is 0 Å². The van der Waals surface area contributed by atoms with Gasteiger partial charge in [-0.2, -0.15) is 0 Å². The first kappa shape index (κ1) is 68.2. The van der Waals surface area contributed by atoms with Gasteiger partial charge in [0, 0.05) is 19.3 Å². The molecule has 3 N–H and O–H groups in total.